The largest absolute Gasteiger partial charge is 0.478 e. The fourth-order valence-corrected chi connectivity index (χ4v) is 4.78. The van der Waals surface area contributed by atoms with E-state index in [1.165, 1.54) is 24.4 Å². The van der Waals surface area contributed by atoms with Crippen LogP contribution in [0.3, 0.4) is 0 Å². The molecule has 1 aliphatic heterocycles. The molecule has 0 aliphatic carbocycles. The monoisotopic (exact) mass is 556 g/mol. The summed E-state index contributed by atoms with van der Waals surface area (Å²) in [5.74, 6) is -1.21. The Hall–Kier alpha value is -4.70. The molecule has 8 nitrogen and oxygen atoms in total. The number of benzene rings is 3. The molecule has 3 aromatic carbocycles. The highest BCUT2D eigenvalue weighted by atomic mass is 19.1. The van der Waals surface area contributed by atoms with Gasteiger partial charge in [0, 0.05) is 30.4 Å². The molecule has 0 saturated carbocycles. The molecule has 1 aliphatic rings. The highest BCUT2D eigenvalue weighted by Crippen LogP contribution is 2.27. The van der Waals surface area contributed by atoms with Crippen LogP contribution >= 0.6 is 0 Å². The van der Waals surface area contributed by atoms with Crippen LogP contribution in [0.15, 0.2) is 66.9 Å². The number of imidazole rings is 1. The minimum absolute atomic E-state index is 0.00327. The van der Waals surface area contributed by atoms with Crippen LogP contribution in [-0.2, 0) is 24.3 Å². The molecule has 10 heteroatoms. The summed E-state index contributed by atoms with van der Waals surface area (Å²) in [7, 11) is 0. The maximum atomic E-state index is 15.4. The molecule has 1 atom stereocenters. The van der Waals surface area contributed by atoms with Crippen molar-refractivity contribution in [2.75, 3.05) is 6.61 Å². The Morgan fingerprint density at radius 1 is 1.05 bits per heavy atom. The van der Waals surface area contributed by atoms with E-state index in [4.69, 9.17) is 14.5 Å². The van der Waals surface area contributed by atoms with Gasteiger partial charge in [0.2, 0.25) is 0 Å². The van der Waals surface area contributed by atoms with Crippen LogP contribution in [0.1, 0.15) is 39.3 Å². The van der Waals surface area contributed by atoms with E-state index in [0.717, 1.165) is 12.0 Å². The van der Waals surface area contributed by atoms with Crippen LogP contribution < -0.4 is 4.74 Å². The number of aryl methyl sites for hydroxylation is 1. The number of nitrogens with zero attached hydrogens (tertiary/aromatic N) is 4. The van der Waals surface area contributed by atoms with Gasteiger partial charge in [0.25, 0.3) is 0 Å². The quantitative estimate of drug-likeness (QED) is 0.247. The van der Waals surface area contributed by atoms with Crippen molar-refractivity contribution in [3.8, 4) is 17.3 Å². The topological polar surface area (TPSA) is 99.4 Å². The van der Waals surface area contributed by atoms with E-state index >= 15 is 4.39 Å². The lowest BCUT2D eigenvalue weighted by atomic mass is 10.1. The van der Waals surface area contributed by atoms with E-state index in [1.807, 2.05) is 11.5 Å². The molecular weight excluding hydrogens is 530 g/mol. The third-order valence-electron chi connectivity index (χ3n) is 7.15. The molecular formula is C31H26F2N4O4. The average Bonchev–Trinajstić information content (AvgIpc) is 3.27. The number of halogens is 2. The lowest BCUT2D eigenvalue weighted by Gasteiger charge is -2.27. The van der Waals surface area contributed by atoms with Crippen molar-refractivity contribution < 1.29 is 28.2 Å². The van der Waals surface area contributed by atoms with Crippen molar-refractivity contribution in [3.05, 3.63) is 107 Å². The summed E-state index contributed by atoms with van der Waals surface area (Å²) in [6, 6.07) is 16.2. The highest BCUT2D eigenvalue weighted by molar-refractivity contribution is 5.92. The van der Waals surface area contributed by atoms with Gasteiger partial charge in [0.15, 0.2) is 0 Å². The van der Waals surface area contributed by atoms with Crippen LogP contribution in [0, 0.1) is 18.6 Å². The number of fused-ring (bicyclic) bond motifs is 1. The molecule has 3 heterocycles. The molecule has 2 aromatic heterocycles. The van der Waals surface area contributed by atoms with Crippen molar-refractivity contribution in [3.63, 3.8) is 0 Å². The third kappa shape index (κ3) is 5.64. The fraction of sp³-hybridized carbons (Fsp3) is 0.226. The van der Waals surface area contributed by atoms with Gasteiger partial charge in [0.1, 0.15) is 24.1 Å². The fourth-order valence-electron chi connectivity index (χ4n) is 4.78. The van der Waals surface area contributed by atoms with Crippen molar-refractivity contribution >= 4 is 17.0 Å². The normalized spacial score (nSPS) is 14.7. The molecule has 5 aromatic rings. The molecule has 41 heavy (non-hydrogen) atoms. The van der Waals surface area contributed by atoms with E-state index in [0.29, 0.717) is 52.4 Å². The first-order chi connectivity index (χ1) is 19.8. The van der Waals surface area contributed by atoms with Crippen molar-refractivity contribution in [2.24, 2.45) is 0 Å². The number of carbonyl (C=O) groups is 1. The van der Waals surface area contributed by atoms with Crippen LogP contribution in [0.2, 0.25) is 0 Å². The summed E-state index contributed by atoms with van der Waals surface area (Å²) < 4.78 is 42.7. The van der Waals surface area contributed by atoms with Crippen molar-refractivity contribution in [1.29, 1.82) is 0 Å². The Balaban J connectivity index is 1.24. The van der Waals surface area contributed by atoms with Gasteiger partial charge in [0.05, 0.1) is 34.9 Å². The van der Waals surface area contributed by atoms with E-state index in [1.54, 1.807) is 42.5 Å². The minimum atomic E-state index is -1.02. The molecule has 208 valence electrons. The summed E-state index contributed by atoms with van der Waals surface area (Å²) in [6.07, 6.45) is 2.61. The second kappa shape index (κ2) is 11.1. The molecule has 1 saturated heterocycles. The molecule has 0 radical (unpaired) electrons. The van der Waals surface area contributed by atoms with Crippen LogP contribution in [-0.4, -0.2) is 43.3 Å². The summed E-state index contributed by atoms with van der Waals surface area (Å²) in [5, 5.41) is 9.46. The predicted molar refractivity (Wildman–Crippen MR) is 147 cm³/mol. The van der Waals surface area contributed by atoms with E-state index in [9.17, 15) is 14.3 Å². The van der Waals surface area contributed by atoms with Crippen molar-refractivity contribution in [2.45, 2.75) is 39.0 Å². The second-order valence-corrected chi connectivity index (χ2v) is 10.0. The Labute approximate surface area is 234 Å². The number of ether oxygens (including phenoxy) is 2. The first kappa shape index (κ1) is 26.5. The van der Waals surface area contributed by atoms with E-state index in [-0.39, 0.29) is 36.5 Å². The van der Waals surface area contributed by atoms with Crippen molar-refractivity contribution in [1.82, 2.24) is 19.5 Å². The van der Waals surface area contributed by atoms with Gasteiger partial charge in [-0.05, 0) is 60.9 Å². The molecule has 1 fully saturated rings. The molecule has 1 N–H and O–H groups in total. The lowest BCUT2D eigenvalue weighted by molar-refractivity contribution is -0.0589. The van der Waals surface area contributed by atoms with Crippen LogP contribution in [0.5, 0.6) is 6.01 Å². The maximum Gasteiger partial charge on any atom is 0.335 e. The number of rotatable bonds is 9. The Kier molecular flexibility index (Phi) is 7.15. The Morgan fingerprint density at radius 2 is 1.85 bits per heavy atom. The number of hydrogen-bond donors (Lipinski definition) is 1. The lowest BCUT2D eigenvalue weighted by Crippen LogP contribution is -2.31. The van der Waals surface area contributed by atoms with Gasteiger partial charge in [-0.15, -0.1) is 0 Å². The first-order valence-corrected chi connectivity index (χ1v) is 13.2. The summed E-state index contributed by atoms with van der Waals surface area (Å²) in [6.45, 7) is 2.96. The van der Waals surface area contributed by atoms with Gasteiger partial charge in [-0.3, -0.25) is 0 Å². The molecule has 0 bridgehead atoms. The van der Waals surface area contributed by atoms with Crippen LogP contribution in [0.4, 0.5) is 8.78 Å². The zero-order chi connectivity index (χ0) is 28.5. The van der Waals surface area contributed by atoms with E-state index < -0.39 is 11.8 Å². The van der Waals surface area contributed by atoms with Gasteiger partial charge < -0.3 is 19.1 Å². The third-order valence-corrected chi connectivity index (χ3v) is 7.15. The first-order valence-electron chi connectivity index (χ1n) is 13.2. The van der Waals surface area contributed by atoms with Gasteiger partial charge in [-0.25, -0.2) is 23.5 Å². The SMILES string of the molecule is Cc1ccc(COc2nccc(-c3ccc(Cc4nc5ccc(C(=O)O)cc5n4C[C@@H]4CCO4)c(F)c3)n2)c(F)c1. The Bertz CT molecular complexity index is 1770. The average molecular weight is 557 g/mol. The number of aromatic carboxylic acids is 1. The molecule has 0 unspecified atom stereocenters. The number of aromatic nitrogens is 4. The smallest absolute Gasteiger partial charge is 0.335 e. The molecule has 0 spiro atoms. The number of carboxylic acid groups (broad SMARTS) is 1. The summed E-state index contributed by atoms with van der Waals surface area (Å²) >= 11 is 0. The highest BCUT2D eigenvalue weighted by Gasteiger charge is 2.23. The predicted octanol–water partition coefficient (Wildman–Crippen LogP) is 5.74. The van der Waals surface area contributed by atoms with Crippen LogP contribution in [0.25, 0.3) is 22.3 Å². The number of hydrogen-bond acceptors (Lipinski definition) is 6. The maximum absolute atomic E-state index is 15.4. The zero-order valence-electron chi connectivity index (χ0n) is 22.2. The van der Waals surface area contributed by atoms with Gasteiger partial charge >= 0.3 is 12.0 Å². The molecule has 0 amide bonds. The Morgan fingerprint density at radius 3 is 2.59 bits per heavy atom. The van der Waals surface area contributed by atoms with Gasteiger partial charge in [-0.1, -0.05) is 24.3 Å². The number of carboxylic acids is 1. The van der Waals surface area contributed by atoms with Gasteiger partial charge in [-0.2, -0.15) is 4.98 Å². The minimum Gasteiger partial charge on any atom is -0.478 e. The molecule has 6 rings (SSSR count). The second-order valence-electron chi connectivity index (χ2n) is 10.0. The summed E-state index contributed by atoms with van der Waals surface area (Å²) in [4.78, 5) is 24.7. The summed E-state index contributed by atoms with van der Waals surface area (Å²) in [5.41, 5.74) is 4.09. The van der Waals surface area contributed by atoms with E-state index in [2.05, 4.69) is 9.97 Å². The zero-order valence-corrected chi connectivity index (χ0v) is 22.2. The standard InChI is InChI=1S/C31H26F2N4O4/c1-18-2-3-22(24(32)12-18)17-41-31-34-10-8-26(36-31)20-5-4-19(25(33)13-20)15-29-35-27-7-6-21(30(38)39)14-28(27)37(29)16-23-9-11-40-23/h2-8,10,12-14,23H,9,11,15-17H2,1H3,(H,38,39)/t23-/m0/s1.